The van der Waals surface area contributed by atoms with Gasteiger partial charge < -0.3 is 10.1 Å². The van der Waals surface area contributed by atoms with Crippen molar-refractivity contribution < 1.29 is 4.74 Å². The molecular formula is C17H24N2O. The lowest BCUT2D eigenvalue weighted by molar-refractivity contribution is 0.305. The zero-order chi connectivity index (χ0) is 14.0. The van der Waals surface area contributed by atoms with Crippen LogP contribution >= 0.6 is 0 Å². The van der Waals surface area contributed by atoms with Crippen LogP contribution in [0.2, 0.25) is 0 Å². The second-order valence-corrected chi connectivity index (χ2v) is 5.02. The maximum Gasteiger partial charge on any atom is 0.121 e. The van der Waals surface area contributed by atoms with Crippen LogP contribution in [0.4, 0.5) is 0 Å². The van der Waals surface area contributed by atoms with Crippen LogP contribution in [-0.4, -0.2) is 24.7 Å². The lowest BCUT2D eigenvalue weighted by Crippen LogP contribution is -2.15. The summed E-state index contributed by atoms with van der Waals surface area (Å²) in [6.07, 6.45) is 6.56. The summed E-state index contributed by atoms with van der Waals surface area (Å²) in [5.74, 6) is 0.917. The van der Waals surface area contributed by atoms with Crippen LogP contribution in [0.5, 0.6) is 5.75 Å². The topological polar surface area (TPSA) is 34.1 Å². The summed E-state index contributed by atoms with van der Waals surface area (Å²) in [5, 5.41) is 4.57. The average molecular weight is 272 g/mol. The Kier molecular flexibility index (Phi) is 6.32. The number of aromatic nitrogens is 1. The summed E-state index contributed by atoms with van der Waals surface area (Å²) in [4.78, 5) is 4.34. The highest BCUT2D eigenvalue weighted by atomic mass is 16.5. The maximum atomic E-state index is 5.78. The summed E-state index contributed by atoms with van der Waals surface area (Å²) in [6.45, 7) is 5.22. The van der Waals surface area contributed by atoms with Gasteiger partial charge >= 0.3 is 0 Å². The Bertz CT molecular complexity index is 513. The molecule has 0 unspecified atom stereocenters. The van der Waals surface area contributed by atoms with Crippen LogP contribution in [0.3, 0.4) is 0 Å². The first-order valence-electron chi connectivity index (χ1n) is 7.58. The molecule has 0 aliphatic rings. The first-order chi connectivity index (χ1) is 9.90. The van der Waals surface area contributed by atoms with Crippen LogP contribution in [0, 0.1) is 0 Å². The molecule has 0 amide bonds. The van der Waals surface area contributed by atoms with Crippen LogP contribution in [0.15, 0.2) is 36.5 Å². The molecule has 0 fully saturated rings. The van der Waals surface area contributed by atoms with Gasteiger partial charge in [0.05, 0.1) is 12.1 Å². The van der Waals surface area contributed by atoms with Gasteiger partial charge in [-0.1, -0.05) is 13.0 Å². The van der Waals surface area contributed by atoms with E-state index >= 15 is 0 Å². The summed E-state index contributed by atoms with van der Waals surface area (Å²) >= 11 is 0. The van der Waals surface area contributed by atoms with E-state index in [9.17, 15) is 0 Å². The van der Waals surface area contributed by atoms with E-state index in [4.69, 9.17) is 4.74 Å². The zero-order valence-electron chi connectivity index (χ0n) is 12.3. The van der Waals surface area contributed by atoms with E-state index in [0.29, 0.717) is 0 Å². The Morgan fingerprint density at radius 3 is 2.95 bits per heavy atom. The lowest BCUT2D eigenvalue weighted by atomic mass is 10.2. The quantitative estimate of drug-likeness (QED) is 0.705. The molecule has 3 heteroatoms. The molecule has 0 radical (unpaired) electrons. The third-order valence-corrected chi connectivity index (χ3v) is 3.27. The normalized spacial score (nSPS) is 10.8. The molecule has 0 saturated carbocycles. The number of nitrogens with one attached hydrogen (secondary N) is 1. The van der Waals surface area contributed by atoms with Crippen molar-refractivity contribution in [3.05, 3.63) is 36.5 Å². The highest BCUT2D eigenvalue weighted by Crippen LogP contribution is 2.18. The highest BCUT2D eigenvalue weighted by molar-refractivity contribution is 5.79. The Balaban J connectivity index is 1.65. The van der Waals surface area contributed by atoms with E-state index < -0.39 is 0 Å². The van der Waals surface area contributed by atoms with Crippen molar-refractivity contribution in [1.29, 1.82) is 0 Å². The fourth-order valence-electron chi connectivity index (χ4n) is 2.16. The van der Waals surface area contributed by atoms with Crippen LogP contribution in [0.25, 0.3) is 10.9 Å². The third kappa shape index (κ3) is 4.82. The number of hydrogen-bond donors (Lipinski definition) is 1. The molecule has 0 aliphatic heterocycles. The summed E-state index contributed by atoms with van der Waals surface area (Å²) < 4.78 is 5.78. The van der Waals surface area contributed by atoms with E-state index in [-0.39, 0.29) is 0 Å². The van der Waals surface area contributed by atoms with Crippen LogP contribution in [0.1, 0.15) is 32.6 Å². The maximum absolute atomic E-state index is 5.78. The molecule has 108 valence electrons. The molecule has 2 rings (SSSR count). The van der Waals surface area contributed by atoms with Crippen molar-refractivity contribution in [3.63, 3.8) is 0 Å². The van der Waals surface area contributed by atoms with E-state index in [0.717, 1.165) is 42.8 Å². The van der Waals surface area contributed by atoms with Gasteiger partial charge in [-0.05, 0) is 57.0 Å². The second-order valence-electron chi connectivity index (χ2n) is 5.02. The zero-order valence-corrected chi connectivity index (χ0v) is 12.3. The largest absolute Gasteiger partial charge is 0.494 e. The average Bonchev–Trinajstić information content (AvgIpc) is 2.50. The van der Waals surface area contributed by atoms with Gasteiger partial charge in [0.25, 0.3) is 0 Å². The third-order valence-electron chi connectivity index (χ3n) is 3.27. The molecule has 1 aromatic carbocycles. The van der Waals surface area contributed by atoms with Crippen molar-refractivity contribution in [2.75, 3.05) is 19.7 Å². The SMILES string of the molecule is CCCNCCCCCOc1ccc2cccnc2c1. The van der Waals surface area contributed by atoms with Gasteiger partial charge in [-0.3, -0.25) is 4.98 Å². The monoisotopic (exact) mass is 272 g/mol. The Morgan fingerprint density at radius 2 is 2.05 bits per heavy atom. The van der Waals surface area contributed by atoms with Gasteiger partial charge in [-0.25, -0.2) is 0 Å². The fourth-order valence-corrected chi connectivity index (χ4v) is 2.16. The van der Waals surface area contributed by atoms with Crippen LogP contribution < -0.4 is 10.1 Å². The fraction of sp³-hybridized carbons (Fsp3) is 0.471. The molecule has 0 atom stereocenters. The van der Waals surface area contributed by atoms with E-state index in [2.05, 4.69) is 29.4 Å². The molecule has 0 spiro atoms. The Hall–Kier alpha value is -1.61. The van der Waals surface area contributed by atoms with Crippen molar-refractivity contribution in [2.24, 2.45) is 0 Å². The van der Waals surface area contributed by atoms with Gasteiger partial charge in [-0.2, -0.15) is 0 Å². The number of unbranched alkanes of at least 4 members (excludes halogenated alkanes) is 2. The molecule has 3 nitrogen and oxygen atoms in total. The van der Waals surface area contributed by atoms with Gasteiger partial charge in [0.2, 0.25) is 0 Å². The van der Waals surface area contributed by atoms with E-state index in [1.165, 1.54) is 19.3 Å². The molecule has 0 aliphatic carbocycles. The van der Waals surface area contributed by atoms with Crippen molar-refractivity contribution in [2.45, 2.75) is 32.6 Å². The number of ether oxygens (including phenoxy) is 1. The molecule has 1 aromatic heterocycles. The van der Waals surface area contributed by atoms with Gasteiger partial charge in [0, 0.05) is 17.6 Å². The lowest BCUT2D eigenvalue weighted by Gasteiger charge is -2.07. The molecule has 0 bridgehead atoms. The number of hydrogen-bond acceptors (Lipinski definition) is 3. The summed E-state index contributed by atoms with van der Waals surface area (Å²) in [6, 6.07) is 10.1. The minimum Gasteiger partial charge on any atom is -0.494 e. The minimum absolute atomic E-state index is 0.784. The number of rotatable bonds is 9. The highest BCUT2D eigenvalue weighted by Gasteiger charge is 1.98. The number of benzene rings is 1. The minimum atomic E-state index is 0.784. The molecule has 0 saturated heterocycles. The van der Waals surface area contributed by atoms with Crippen molar-refractivity contribution in [3.8, 4) is 5.75 Å². The van der Waals surface area contributed by atoms with Crippen molar-refractivity contribution in [1.82, 2.24) is 10.3 Å². The van der Waals surface area contributed by atoms with Crippen molar-refractivity contribution >= 4 is 10.9 Å². The predicted octanol–water partition coefficient (Wildman–Crippen LogP) is 3.78. The second kappa shape index (κ2) is 8.54. The Morgan fingerprint density at radius 1 is 1.10 bits per heavy atom. The Labute approximate surface area is 121 Å². The smallest absolute Gasteiger partial charge is 0.121 e. The van der Waals surface area contributed by atoms with E-state index in [1.54, 1.807) is 0 Å². The standard InChI is InChI=1S/C17H24N2O/c1-2-10-18-11-4-3-5-13-20-16-9-8-15-7-6-12-19-17(15)14-16/h6-9,12,14,18H,2-5,10-11,13H2,1H3. The predicted molar refractivity (Wildman–Crippen MR) is 84.2 cm³/mol. The first kappa shape index (κ1) is 14.8. The molecular weight excluding hydrogens is 248 g/mol. The van der Waals surface area contributed by atoms with Gasteiger partial charge in [0.15, 0.2) is 0 Å². The molecule has 1 heterocycles. The first-order valence-corrected chi connectivity index (χ1v) is 7.58. The number of pyridine rings is 1. The molecule has 1 N–H and O–H groups in total. The number of nitrogens with zero attached hydrogens (tertiary/aromatic N) is 1. The van der Waals surface area contributed by atoms with E-state index in [1.807, 2.05) is 24.4 Å². The summed E-state index contributed by atoms with van der Waals surface area (Å²) in [5.41, 5.74) is 0.994. The summed E-state index contributed by atoms with van der Waals surface area (Å²) in [7, 11) is 0. The van der Waals surface area contributed by atoms with Crippen LogP contribution in [-0.2, 0) is 0 Å². The van der Waals surface area contributed by atoms with Gasteiger partial charge in [0.1, 0.15) is 5.75 Å². The number of fused-ring (bicyclic) bond motifs is 1. The van der Waals surface area contributed by atoms with Gasteiger partial charge in [-0.15, -0.1) is 0 Å². The molecule has 20 heavy (non-hydrogen) atoms. The molecule has 2 aromatic rings.